The van der Waals surface area contributed by atoms with E-state index in [0.717, 1.165) is 36.7 Å². The van der Waals surface area contributed by atoms with Gasteiger partial charge in [-0.15, -0.1) is 0 Å². The molecule has 2 aliphatic rings. The van der Waals surface area contributed by atoms with E-state index in [9.17, 15) is 0 Å². The third-order valence-electron chi connectivity index (χ3n) is 4.76. The SMILES string of the molecule is CC(C)(C)NCc1ncnn1CC1CC2CCC1C2. The molecule has 106 valence electrons. The van der Waals surface area contributed by atoms with Gasteiger partial charge in [0.2, 0.25) is 0 Å². The molecular weight excluding hydrogens is 236 g/mol. The lowest BCUT2D eigenvalue weighted by molar-refractivity contribution is 0.279. The second kappa shape index (κ2) is 4.89. The van der Waals surface area contributed by atoms with E-state index >= 15 is 0 Å². The number of hydrogen-bond donors (Lipinski definition) is 1. The van der Waals surface area contributed by atoms with Gasteiger partial charge in [-0.2, -0.15) is 5.10 Å². The molecule has 1 heterocycles. The summed E-state index contributed by atoms with van der Waals surface area (Å²) in [5, 5.41) is 7.93. The predicted octanol–water partition coefficient (Wildman–Crippen LogP) is 2.60. The predicted molar refractivity (Wildman–Crippen MR) is 75.6 cm³/mol. The van der Waals surface area contributed by atoms with Crippen molar-refractivity contribution in [2.45, 2.75) is 65.1 Å². The lowest BCUT2D eigenvalue weighted by atomic mass is 9.89. The van der Waals surface area contributed by atoms with Gasteiger partial charge >= 0.3 is 0 Å². The van der Waals surface area contributed by atoms with Gasteiger partial charge in [-0.3, -0.25) is 0 Å². The molecule has 4 heteroatoms. The maximum atomic E-state index is 4.43. The normalized spacial score (nSPS) is 30.2. The van der Waals surface area contributed by atoms with Gasteiger partial charge in [0, 0.05) is 12.1 Å². The Morgan fingerprint density at radius 3 is 2.79 bits per heavy atom. The van der Waals surface area contributed by atoms with E-state index in [0.29, 0.717) is 0 Å². The molecule has 0 amide bonds. The molecule has 1 aromatic heterocycles. The fraction of sp³-hybridized carbons (Fsp3) is 0.867. The van der Waals surface area contributed by atoms with Gasteiger partial charge in [-0.05, 0) is 57.8 Å². The molecule has 2 bridgehead atoms. The molecule has 19 heavy (non-hydrogen) atoms. The summed E-state index contributed by atoms with van der Waals surface area (Å²) in [6.45, 7) is 8.43. The Morgan fingerprint density at radius 2 is 2.16 bits per heavy atom. The van der Waals surface area contributed by atoms with Crippen LogP contribution in [0.4, 0.5) is 0 Å². The van der Waals surface area contributed by atoms with Crippen LogP contribution in [-0.4, -0.2) is 20.3 Å². The summed E-state index contributed by atoms with van der Waals surface area (Å²) < 4.78 is 2.13. The van der Waals surface area contributed by atoms with Crippen LogP contribution in [0.25, 0.3) is 0 Å². The average Bonchev–Trinajstić information content (AvgIpc) is 3.01. The van der Waals surface area contributed by atoms with Crippen LogP contribution in [0.15, 0.2) is 6.33 Å². The first-order chi connectivity index (χ1) is 9.01. The standard InChI is InChI=1S/C15H26N4/c1-15(2,3)17-8-14-16-10-18-19(14)9-13-7-11-4-5-12(13)6-11/h10-13,17H,4-9H2,1-3H3. The minimum absolute atomic E-state index is 0.128. The Labute approximate surface area is 116 Å². The summed E-state index contributed by atoms with van der Waals surface area (Å²) >= 11 is 0. The van der Waals surface area contributed by atoms with E-state index in [2.05, 4.69) is 40.9 Å². The zero-order chi connectivity index (χ0) is 13.5. The quantitative estimate of drug-likeness (QED) is 0.907. The van der Waals surface area contributed by atoms with Crippen molar-refractivity contribution in [3.05, 3.63) is 12.2 Å². The van der Waals surface area contributed by atoms with Crippen molar-refractivity contribution in [3.63, 3.8) is 0 Å². The molecule has 0 aliphatic heterocycles. The molecule has 0 saturated heterocycles. The smallest absolute Gasteiger partial charge is 0.140 e. The summed E-state index contributed by atoms with van der Waals surface area (Å²) in [4.78, 5) is 4.41. The van der Waals surface area contributed by atoms with Gasteiger partial charge in [-0.25, -0.2) is 9.67 Å². The van der Waals surface area contributed by atoms with Crippen molar-refractivity contribution in [1.82, 2.24) is 20.1 Å². The largest absolute Gasteiger partial charge is 0.305 e. The number of hydrogen-bond acceptors (Lipinski definition) is 3. The highest BCUT2D eigenvalue weighted by Crippen LogP contribution is 2.48. The highest BCUT2D eigenvalue weighted by atomic mass is 15.3. The summed E-state index contributed by atoms with van der Waals surface area (Å²) in [6.07, 6.45) is 7.50. The third-order valence-corrected chi connectivity index (χ3v) is 4.76. The third kappa shape index (κ3) is 2.99. The molecule has 3 atom stereocenters. The maximum absolute atomic E-state index is 4.43. The summed E-state index contributed by atoms with van der Waals surface area (Å²) in [6, 6.07) is 0. The first-order valence-corrected chi connectivity index (χ1v) is 7.63. The van der Waals surface area contributed by atoms with Crippen LogP contribution in [0.2, 0.25) is 0 Å². The zero-order valence-electron chi connectivity index (χ0n) is 12.4. The van der Waals surface area contributed by atoms with Crippen LogP contribution in [0, 0.1) is 17.8 Å². The summed E-state index contributed by atoms with van der Waals surface area (Å²) in [7, 11) is 0. The summed E-state index contributed by atoms with van der Waals surface area (Å²) in [5.74, 6) is 3.89. The van der Waals surface area contributed by atoms with Crippen molar-refractivity contribution in [3.8, 4) is 0 Å². The number of nitrogens with one attached hydrogen (secondary N) is 1. The van der Waals surface area contributed by atoms with Crippen molar-refractivity contribution in [2.75, 3.05) is 0 Å². The molecule has 3 rings (SSSR count). The van der Waals surface area contributed by atoms with Crippen LogP contribution < -0.4 is 5.32 Å². The Hall–Kier alpha value is -0.900. The van der Waals surface area contributed by atoms with Gasteiger partial charge in [-0.1, -0.05) is 6.42 Å². The lowest BCUT2D eigenvalue weighted by Crippen LogP contribution is -2.36. The van der Waals surface area contributed by atoms with Crippen LogP contribution in [0.3, 0.4) is 0 Å². The lowest BCUT2D eigenvalue weighted by Gasteiger charge is -2.23. The van der Waals surface area contributed by atoms with E-state index in [1.165, 1.54) is 25.7 Å². The van der Waals surface area contributed by atoms with Crippen LogP contribution >= 0.6 is 0 Å². The minimum Gasteiger partial charge on any atom is -0.305 e. The van der Waals surface area contributed by atoms with Crippen LogP contribution in [-0.2, 0) is 13.1 Å². The molecule has 0 radical (unpaired) electrons. The van der Waals surface area contributed by atoms with Crippen LogP contribution in [0.1, 0.15) is 52.3 Å². The minimum atomic E-state index is 0.128. The van der Waals surface area contributed by atoms with Gasteiger partial charge in [0.25, 0.3) is 0 Å². The highest BCUT2D eigenvalue weighted by Gasteiger charge is 2.39. The van der Waals surface area contributed by atoms with Gasteiger partial charge in [0.1, 0.15) is 12.2 Å². The number of aromatic nitrogens is 3. The maximum Gasteiger partial charge on any atom is 0.140 e. The van der Waals surface area contributed by atoms with Crippen LogP contribution in [0.5, 0.6) is 0 Å². The number of fused-ring (bicyclic) bond motifs is 2. The zero-order valence-corrected chi connectivity index (χ0v) is 12.4. The Bertz CT molecular complexity index is 432. The van der Waals surface area contributed by atoms with E-state index in [1.807, 2.05) is 0 Å². The molecule has 0 spiro atoms. The molecule has 2 saturated carbocycles. The monoisotopic (exact) mass is 262 g/mol. The van der Waals surface area contributed by atoms with Gasteiger partial charge < -0.3 is 5.32 Å². The van der Waals surface area contributed by atoms with E-state index in [1.54, 1.807) is 6.33 Å². The number of rotatable bonds is 4. The first kappa shape index (κ1) is 13.1. The molecule has 0 aromatic carbocycles. The molecule has 2 fully saturated rings. The van der Waals surface area contributed by atoms with Crippen molar-refractivity contribution >= 4 is 0 Å². The van der Waals surface area contributed by atoms with E-state index in [-0.39, 0.29) is 5.54 Å². The average molecular weight is 262 g/mol. The highest BCUT2D eigenvalue weighted by molar-refractivity contribution is 4.92. The van der Waals surface area contributed by atoms with Gasteiger partial charge in [0.05, 0.1) is 6.54 Å². The molecular formula is C15H26N4. The first-order valence-electron chi connectivity index (χ1n) is 7.63. The van der Waals surface area contributed by atoms with E-state index in [4.69, 9.17) is 0 Å². The molecule has 4 nitrogen and oxygen atoms in total. The fourth-order valence-corrected chi connectivity index (χ4v) is 3.74. The topological polar surface area (TPSA) is 42.7 Å². The second-order valence-corrected chi connectivity index (χ2v) is 7.40. The Morgan fingerprint density at radius 1 is 1.32 bits per heavy atom. The summed E-state index contributed by atoms with van der Waals surface area (Å²) in [5.41, 5.74) is 0.128. The Kier molecular flexibility index (Phi) is 3.37. The second-order valence-electron chi connectivity index (χ2n) is 7.40. The number of nitrogens with zero attached hydrogens (tertiary/aromatic N) is 3. The Balaban J connectivity index is 1.61. The molecule has 1 N–H and O–H groups in total. The van der Waals surface area contributed by atoms with Crippen molar-refractivity contribution in [1.29, 1.82) is 0 Å². The van der Waals surface area contributed by atoms with Crippen molar-refractivity contribution in [2.24, 2.45) is 17.8 Å². The van der Waals surface area contributed by atoms with Crippen molar-refractivity contribution < 1.29 is 0 Å². The molecule has 3 unspecified atom stereocenters. The van der Waals surface area contributed by atoms with E-state index < -0.39 is 0 Å². The molecule has 1 aromatic rings. The molecule has 2 aliphatic carbocycles. The van der Waals surface area contributed by atoms with Gasteiger partial charge in [0.15, 0.2) is 0 Å². The fourth-order valence-electron chi connectivity index (χ4n) is 3.74.